The summed E-state index contributed by atoms with van der Waals surface area (Å²) in [6, 6.07) is 8.45. The van der Waals surface area contributed by atoms with Crippen LogP contribution in [0.3, 0.4) is 0 Å². The molecule has 0 radical (unpaired) electrons. The summed E-state index contributed by atoms with van der Waals surface area (Å²) in [6.45, 7) is 0. The van der Waals surface area contributed by atoms with Gasteiger partial charge in [-0.2, -0.15) is 4.98 Å². The second-order valence-corrected chi connectivity index (χ2v) is 7.56. The van der Waals surface area contributed by atoms with E-state index in [1.807, 2.05) is 24.3 Å². The largest absolute Gasteiger partial charge is 0.492 e. The zero-order valence-electron chi connectivity index (χ0n) is 13.6. The highest BCUT2D eigenvalue weighted by molar-refractivity contribution is 7.15. The van der Waals surface area contributed by atoms with E-state index in [1.54, 1.807) is 0 Å². The van der Waals surface area contributed by atoms with E-state index in [1.165, 1.54) is 49.9 Å². The SMILES string of the molecule is Oc1nc(NC2CCCCCC2)sc1Cc1nc2ccccc2[nH]1. The van der Waals surface area contributed by atoms with Gasteiger partial charge in [-0.05, 0) is 25.0 Å². The van der Waals surface area contributed by atoms with Crippen LogP contribution in [0, 0.1) is 0 Å². The fraction of sp³-hybridized carbons (Fsp3) is 0.444. The topological polar surface area (TPSA) is 73.8 Å². The fourth-order valence-corrected chi connectivity index (χ4v) is 4.30. The minimum Gasteiger partial charge on any atom is -0.492 e. The van der Waals surface area contributed by atoms with Gasteiger partial charge in [0.15, 0.2) is 5.13 Å². The van der Waals surface area contributed by atoms with E-state index < -0.39 is 0 Å². The Balaban J connectivity index is 1.48. The summed E-state index contributed by atoms with van der Waals surface area (Å²) in [5, 5.41) is 14.5. The molecule has 0 spiro atoms. The van der Waals surface area contributed by atoms with Gasteiger partial charge in [-0.1, -0.05) is 49.2 Å². The van der Waals surface area contributed by atoms with Crippen molar-refractivity contribution in [2.45, 2.75) is 51.0 Å². The van der Waals surface area contributed by atoms with Crippen molar-refractivity contribution in [3.05, 3.63) is 35.0 Å². The number of imidazole rings is 1. The van der Waals surface area contributed by atoms with Crippen LogP contribution in [0.1, 0.15) is 49.2 Å². The average molecular weight is 342 g/mol. The van der Waals surface area contributed by atoms with E-state index in [-0.39, 0.29) is 5.88 Å². The predicted octanol–water partition coefficient (Wildman–Crippen LogP) is 4.45. The quantitative estimate of drug-likeness (QED) is 0.612. The lowest BCUT2D eigenvalue weighted by Gasteiger charge is -2.14. The summed E-state index contributed by atoms with van der Waals surface area (Å²) in [7, 11) is 0. The smallest absolute Gasteiger partial charge is 0.227 e. The molecule has 1 saturated carbocycles. The molecule has 0 bridgehead atoms. The first kappa shape index (κ1) is 15.4. The molecule has 0 aliphatic heterocycles. The summed E-state index contributed by atoms with van der Waals surface area (Å²) in [5.74, 6) is 0.979. The van der Waals surface area contributed by atoms with Crippen molar-refractivity contribution in [3.8, 4) is 5.88 Å². The van der Waals surface area contributed by atoms with Crippen molar-refractivity contribution in [2.75, 3.05) is 5.32 Å². The molecular formula is C18H22N4OS. The lowest BCUT2D eigenvalue weighted by Crippen LogP contribution is -2.17. The monoisotopic (exact) mass is 342 g/mol. The molecular weight excluding hydrogens is 320 g/mol. The number of nitrogens with one attached hydrogen (secondary N) is 2. The number of thiazole rings is 1. The number of fused-ring (bicyclic) bond motifs is 1. The Hall–Kier alpha value is -2.08. The highest BCUT2D eigenvalue weighted by Crippen LogP contribution is 2.31. The number of aromatic amines is 1. The average Bonchev–Trinajstić information content (AvgIpc) is 3.02. The van der Waals surface area contributed by atoms with Crippen molar-refractivity contribution in [2.24, 2.45) is 0 Å². The molecule has 24 heavy (non-hydrogen) atoms. The lowest BCUT2D eigenvalue weighted by atomic mass is 10.1. The number of anilines is 1. The summed E-state index contributed by atoms with van der Waals surface area (Å²) in [4.78, 5) is 13.0. The standard InChI is InChI=1S/C18H22N4OS/c23-17-15(11-16-20-13-9-5-6-10-14(13)21-16)24-18(22-17)19-12-7-3-1-2-4-8-12/h5-6,9-10,12,23H,1-4,7-8,11H2,(H,19,22)(H,20,21). The van der Waals surface area contributed by atoms with Crippen molar-refractivity contribution in [3.63, 3.8) is 0 Å². The van der Waals surface area contributed by atoms with E-state index in [0.717, 1.165) is 26.9 Å². The Morgan fingerprint density at radius 2 is 1.92 bits per heavy atom. The number of benzene rings is 1. The highest BCUT2D eigenvalue weighted by atomic mass is 32.1. The van der Waals surface area contributed by atoms with Gasteiger partial charge in [0.2, 0.25) is 5.88 Å². The second kappa shape index (κ2) is 6.81. The number of rotatable bonds is 4. The van der Waals surface area contributed by atoms with E-state index >= 15 is 0 Å². The van der Waals surface area contributed by atoms with Gasteiger partial charge < -0.3 is 15.4 Å². The van der Waals surface area contributed by atoms with Crippen molar-refractivity contribution >= 4 is 27.5 Å². The number of hydrogen-bond donors (Lipinski definition) is 3. The summed E-state index contributed by atoms with van der Waals surface area (Å²) >= 11 is 1.53. The Labute approximate surface area is 145 Å². The molecule has 5 nitrogen and oxygen atoms in total. The van der Waals surface area contributed by atoms with Gasteiger partial charge in [-0.25, -0.2) is 4.98 Å². The second-order valence-electron chi connectivity index (χ2n) is 6.48. The maximum Gasteiger partial charge on any atom is 0.227 e. The van der Waals surface area contributed by atoms with E-state index in [4.69, 9.17) is 0 Å². The van der Waals surface area contributed by atoms with Crippen LogP contribution in [-0.4, -0.2) is 26.1 Å². The zero-order valence-corrected chi connectivity index (χ0v) is 14.4. The van der Waals surface area contributed by atoms with Crippen LogP contribution in [-0.2, 0) is 6.42 Å². The molecule has 126 valence electrons. The molecule has 0 unspecified atom stereocenters. The van der Waals surface area contributed by atoms with Crippen molar-refractivity contribution in [1.82, 2.24) is 15.0 Å². The molecule has 0 atom stereocenters. The van der Waals surface area contributed by atoms with E-state index in [0.29, 0.717) is 12.5 Å². The van der Waals surface area contributed by atoms with Crippen molar-refractivity contribution < 1.29 is 5.11 Å². The first-order valence-electron chi connectivity index (χ1n) is 8.67. The maximum absolute atomic E-state index is 10.2. The van der Waals surface area contributed by atoms with Crippen LogP contribution < -0.4 is 5.32 Å². The molecule has 1 aliphatic rings. The van der Waals surface area contributed by atoms with E-state index in [9.17, 15) is 5.11 Å². The minimum absolute atomic E-state index is 0.122. The number of para-hydroxylation sites is 2. The Bertz CT molecular complexity index is 784. The van der Waals surface area contributed by atoms with E-state index in [2.05, 4.69) is 20.3 Å². The third kappa shape index (κ3) is 3.38. The highest BCUT2D eigenvalue weighted by Gasteiger charge is 2.17. The number of hydrogen-bond acceptors (Lipinski definition) is 5. The van der Waals surface area contributed by atoms with Crippen LogP contribution in [0.2, 0.25) is 0 Å². The molecule has 4 rings (SSSR count). The Morgan fingerprint density at radius 1 is 1.12 bits per heavy atom. The van der Waals surface area contributed by atoms with Crippen LogP contribution in [0.15, 0.2) is 24.3 Å². The molecule has 1 fully saturated rings. The van der Waals surface area contributed by atoms with Gasteiger partial charge in [0.05, 0.1) is 15.9 Å². The third-order valence-corrected chi connectivity index (χ3v) is 5.60. The Kier molecular flexibility index (Phi) is 4.38. The van der Waals surface area contributed by atoms with Gasteiger partial charge in [0.25, 0.3) is 0 Å². The molecule has 1 aliphatic carbocycles. The number of H-pyrrole nitrogens is 1. The van der Waals surface area contributed by atoms with Crippen LogP contribution in [0.25, 0.3) is 11.0 Å². The van der Waals surface area contributed by atoms with Crippen LogP contribution in [0.4, 0.5) is 5.13 Å². The van der Waals surface area contributed by atoms with Crippen LogP contribution >= 0.6 is 11.3 Å². The molecule has 1 aromatic carbocycles. The van der Waals surface area contributed by atoms with Gasteiger partial charge in [0, 0.05) is 12.5 Å². The molecule has 2 heterocycles. The van der Waals surface area contributed by atoms with Crippen molar-refractivity contribution in [1.29, 1.82) is 0 Å². The molecule has 0 amide bonds. The van der Waals surface area contributed by atoms with Gasteiger partial charge >= 0.3 is 0 Å². The zero-order chi connectivity index (χ0) is 16.4. The normalized spacial score (nSPS) is 16.3. The molecule has 3 aromatic rings. The first-order valence-corrected chi connectivity index (χ1v) is 9.48. The Morgan fingerprint density at radius 3 is 2.71 bits per heavy atom. The maximum atomic E-state index is 10.2. The lowest BCUT2D eigenvalue weighted by molar-refractivity contribution is 0.452. The van der Waals surface area contributed by atoms with Gasteiger partial charge in [-0.3, -0.25) is 0 Å². The molecule has 0 saturated heterocycles. The first-order chi connectivity index (χ1) is 11.8. The molecule has 2 aromatic heterocycles. The number of aromatic nitrogens is 3. The fourth-order valence-electron chi connectivity index (χ4n) is 3.36. The minimum atomic E-state index is 0.122. The summed E-state index contributed by atoms with van der Waals surface area (Å²) in [5.41, 5.74) is 1.97. The number of nitrogens with zero attached hydrogens (tertiary/aromatic N) is 2. The summed E-state index contributed by atoms with van der Waals surface area (Å²) in [6.07, 6.45) is 8.18. The summed E-state index contributed by atoms with van der Waals surface area (Å²) < 4.78 is 0. The molecule has 6 heteroatoms. The molecule has 3 N–H and O–H groups in total. The number of aromatic hydroxyl groups is 1. The van der Waals surface area contributed by atoms with Gasteiger partial charge in [0.1, 0.15) is 5.82 Å². The van der Waals surface area contributed by atoms with Gasteiger partial charge in [-0.15, -0.1) is 0 Å². The van der Waals surface area contributed by atoms with Crippen LogP contribution in [0.5, 0.6) is 5.88 Å². The predicted molar refractivity (Wildman–Crippen MR) is 97.8 cm³/mol. The third-order valence-electron chi connectivity index (χ3n) is 4.63.